The van der Waals surface area contributed by atoms with Gasteiger partial charge in [-0.15, -0.1) is 0 Å². The minimum atomic E-state index is -4.68. The molecule has 0 unspecified atom stereocenters. The first-order chi connectivity index (χ1) is 9.33. The lowest BCUT2D eigenvalue weighted by molar-refractivity contribution is -0.143. The molecule has 0 heterocycles. The molecule has 0 radical (unpaired) electrons. The number of rotatable bonds is 4. The van der Waals surface area contributed by atoms with Crippen LogP contribution in [-0.4, -0.2) is 17.7 Å². The van der Waals surface area contributed by atoms with Gasteiger partial charge in [-0.1, -0.05) is 0 Å². The number of halogens is 3. The maximum absolute atomic E-state index is 12.9. The summed E-state index contributed by atoms with van der Waals surface area (Å²) in [6, 6.07) is 3.34. The molecule has 0 spiro atoms. The third-order valence-electron chi connectivity index (χ3n) is 2.57. The van der Waals surface area contributed by atoms with Crippen LogP contribution in [-0.2, 0) is 28.7 Å². The lowest BCUT2D eigenvalue weighted by Gasteiger charge is -2.15. The van der Waals surface area contributed by atoms with Crippen molar-refractivity contribution >= 4 is 5.97 Å². The van der Waals surface area contributed by atoms with Gasteiger partial charge in [0.1, 0.15) is 0 Å². The summed E-state index contributed by atoms with van der Waals surface area (Å²) in [6.45, 7) is 0.907. The number of hydrogen-bond acceptors (Lipinski definition) is 4. The number of benzene rings is 1. The monoisotopic (exact) mass is 287 g/mol. The molecule has 1 N–H and O–H groups in total. The fourth-order valence-corrected chi connectivity index (χ4v) is 1.70. The second kappa shape index (κ2) is 6.39. The van der Waals surface area contributed by atoms with Crippen molar-refractivity contribution in [2.45, 2.75) is 26.1 Å². The smallest absolute Gasteiger partial charge is 0.416 e. The van der Waals surface area contributed by atoms with Crippen LogP contribution in [0.5, 0.6) is 0 Å². The molecule has 0 aliphatic rings. The van der Waals surface area contributed by atoms with Crippen LogP contribution in [0.2, 0.25) is 0 Å². The highest BCUT2D eigenvalue weighted by Crippen LogP contribution is 2.34. The van der Waals surface area contributed by atoms with Crippen LogP contribution in [0.4, 0.5) is 13.2 Å². The number of ether oxygens (including phenoxy) is 1. The fourth-order valence-electron chi connectivity index (χ4n) is 1.70. The maximum Gasteiger partial charge on any atom is 0.416 e. The Hall–Kier alpha value is -2.07. The largest absolute Gasteiger partial charge is 0.466 e. The predicted octanol–water partition coefficient (Wildman–Crippen LogP) is 2.17. The zero-order chi connectivity index (χ0) is 15.3. The molecule has 1 rings (SSSR count). The maximum atomic E-state index is 12.9. The van der Waals surface area contributed by atoms with Gasteiger partial charge < -0.3 is 9.84 Å². The second-order valence-corrected chi connectivity index (χ2v) is 3.92. The molecule has 0 atom stereocenters. The molecule has 4 nitrogen and oxygen atoms in total. The third kappa shape index (κ3) is 3.71. The Labute approximate surface area is 113 Å². The molecule has 0 bridgehead atoms. The van der Waals surface area contributed by atoms with E-state index in [-0.39, 0.29) is 23.3 Å². The Bertz CT molecular complexity index is 547. The molecule has 0 aliphatic carbocycles. The van der Waals surface area contributed by atoms with E-state index in [0.717, 1.165) is 6.07 Å². The molecule has 0 saturated heterocycles. The predicted molar refractivity (Wildman–Crippen MR) is 62.4 cm³/mol. The highest BCUT2D eigenvalue weighted by atomic mass is 19.4. The summed E-state index contributed by atoms with van der Waals surface area (Å²) < 4.78 is 43.4. The molecular weight excluding hydrogens is 275 g/mol. The summed E-state index contributed by atoms with van der Waals surface area (Å²) >= 11 is 0. The number of nitrogens with zero attached hydrogens (tertiary/aromatic N) is 1. The lowest BCUT2D eigenvalue weighted by Crippen LogP contribution is -2.15. The third-order valence-corrected chi connectivity index (χ3v) is 2.57. The van der Waals surface area contributed by atoms with Gasteiger partial charge in [0.25, 0.3) is 0 Å². The number of nitriles is 1. The zero-order valence-corrected chi connectivity index (χ0v) is 10.6. The van der Waals surface area contributed by atoms with Crippen molar-refractivity contribution in [3.63, 3.8) is 0 Å². The van der Waals surface area contributed by atoms with Crippen molar-refractivity contribution in [3.05, 3.63) is 34.4 Å². The van der Waals surface area contributed by atoms with Gasteiger partial charge in [-0.3, -0.25) is 4.79 Å². The van der Waals surface area contributed by atoms with Crippen LogP contribution >= 0.6 is 0 Å². The Balaban J connectivity index is 3.32. The van der Waals surface area contributed by atoms with E-state index < -0.39 is 30.7 Å². The van der Waals surface area contributed by atoms with Crippen molar-refractivity contribution in [3.8, 4) is 6.07 Å². The number of hydrogen-bond donors (Lipinski definition) is 1. The van der Waals surface area contributed by atoms with E-state index >= 15 is 0 Å². The first-order valence-corrected chi connectivity index (χ1v) is 5.73. The lowest BCUT2D eigenvalue weighted by atomic mass is 9.97. The van der Waals surface area contributed by atoms with E-state index in [2.05, 4.69) is 4.74 Å². The topological polar surface area (TPSA) is 70.3 Å². The highest BCUT2D eigenvalue weighted by Gasteiger charge is 2.34. The first-order valence-electron chi connectivity index (χ1n) is 5.73. The summed E-state index contributed by atoms with van der Waals surface area (Å²) in [5.74, 6) is -0.807. The van der Waals surface area contributed by atoms with E-state index in [1.165, 1.54) is 6.92 Å². The van der Waals surface area contributed by atoms with Crippen LogP contribution in [0, 0.1) is 11.3 Å². The SMILES string of the molecule is CCOC(=O)Cc1cc(C#N)c(CO)cc1C(F)(F)F. The second-order valence-electron chi connectivity index (χ2n) is 3.92. The minimum Gasteiger partial charge on any atom is -0.466 e. The molecule has 0 aliphatic heterocycles. The molecular formula is C13H12F3NO3. The molecule has 1 aromatic carbocycles. The van der Waals surface area contributed by atoms with Gasteiger partial charge in [0.05, 0.1) is 36.8 Å². The molecule has 0 amide bonds. The number of alkyl halides is 3. The number of aliphatic hydroxyl groups is 1. The van der Waals surface area contributed by atoms with E-state index in [4.69, 9.17) is 10.4 Å². The summed E-state index contributed by atoms with van der Waals surface area (Å²) in [5, 5.41) is 17.8. The van der Waals surface area contributed by atoms with Crippen LogP contribution in [0.1, 0.15) is 29.2 Å². The Kier molecular flexibility index (Phi) is 5.11. The average molecular weight is 287 g/mol. The van der Waals surface area contributed by atoms with Crippen LogP contribution in [0.15, 0.2) is 12.1 Å². The van der Waals surface area contributed by atoms with Gasteiger partial charge >= 0.3 is 12.1 Å². The normalized spacial score (nSPS) is 11.0. The molecule has 108 valence electrons. The van der Waals surface area contributed by atoms with E-state index in [9.17, 15) is 18.0 Å². The van der Waals surface area contributed by atoms with Crippen LogP contribution < -0.4 is 0 Å². The van der Waals surface area contributed by atoms with E-state index in [0.29, 0.717) is 6.07 Å². The molecule has 0 aromatic heterocycles. The van der Waals surface area contributed by atoms with Crippen molar-refractivity contribution in [2.24, 2.45) is 0 Å². The van der Waals surface area contributed by atoms with Crippen molar-refractivity contribution in [2.75, 3.05) is 6.61 Å². The van der Waals surface area contributed by atoms with Gasteiger partial charge in [-0.05, 0) is 30.2 Å². The van der Waals surface area contributed by atoms with Crippen LogP contribution in [0.3, 0.4) is 0 Å². The molecule has 1 aromatic rings. The fraction of sp³-hybridized carbons (Fsp3) is 0.385. The van der Waals surface area contributed by atoms with E-state index in [1.54, 1.807) is 6.07 Å². The number of aliphatic hydroxyl groups excluding tert-OH is 1. The van der Waals surface area contributed by atoms with Crippen molar-refractivity contribution in [1.29, 1.82) is 5.26 Å². The van der Waals surface area contributed by atoms with Gasteiger partial charge in [0.15, 0.2) is 0 Å². The standard InChI is InChI=1S/C13H12F3NO3/c1-2-20-12(19)5-8-3-9(6-17)10(7-18)4-11(8)13(14,15)16/h3-4,18H,2,5,7H2,1H3. The Morgan fingerprint density at radius 1 is 1.40 bits per heavy atom. The van der Waals surface area contributed by atoms with Gasteiger partial charge in [0.2, 0.25) is 0 Å². The summed E-state index contributed by atoms with van der Waals surface area (Å²) in [7, 11) is 0. The number of carbonyl (C=O) groups excluding carboxylic acids is 1. The zero-order valence-electron chi connectivity index (χ0n) is 10.6. The highest BCUT2D eigenvalue weighted by molar-refractivity contribution is 5.73. The number of esters is 1. The van der Waals surface area contributed by atoms with Crippen LogP contribution in [0.25, 0.3) is 0 Å². The summed E-state index contributed by atoms with van der Waals surface area (Å²) in [6.07, 6.45) is -5.26. The van der Waals surface area contributed by atoms with E-state index in [1.807, 2.05) is 0 Å². The Morgan fingerprint density at radius 2 is 2.05 bits per heavy atom. The molecule has 0 fully saturated rings. The van der Waals surface area contributed by atoms with Gasteiger partial charge in [0, 0.05) is 0 Å². The minimum absolute atomic E-state index is 0.0556. The summed E-state index contributed by atoms with van der Waals surface area (Å²) in [4.78, 5) is 11.3. The van der Waals surface area contributed by atoms with Gasteiger partial charge in [-0.25, -0.2) is 0 Å². The number of carbonyl (C=O) groups is 1. The van der Waals surface area contributed by atoms with Crippen molar-refractivity contribution in [1.82, 2.24) is 0 Å². The molecule has 7 heteroatoms. The Morgan fingerprint density at radius 3 is 2.50 bits per heavy atom. The first kappa shape index (κ1) is 16.0. The van der Waals surface area contributed by atoms with Crippen molar-refractivity contribution < 1.29 is 27.8 Å². The average Bonchev–Trinajstić information content (AvgIpc) is 2.37. The quantitative estimate of drug-likeness (QED) is 0.862. The molecule has 20 heavy (non-hydrogen) atoms. The summed E-state index contributed by atoms with van der Waals surface area (Å²) in [5.41, 5.74) is -1.62. The van der Waals surface area contributed by atoms with Gasteiger partial charge in [-0.2, -0.15) is 18.4 Å². The molecule has 0 saturated carbocycles.